The number of nitrogen functional groups attached to an aromatic ring is 2. The fraction of sp³-hybridized carbons (Fsp3) is 0. The molecule has 0 saturated heterocycles. The van der Waals surface area contributed by atoms with E-state index in [1.54, 1.807) is 36.4 Å². The molecule has 2 aromatic carbocycles. The highest BCUT2D eigenvalue weighted by Crippen LogP contribution is 2.07. The zero-order chi connectivity index (χ0) is 19.1. The summed E-state index contributed by atoms with van der Waals surface area (Å²) in [5, 5.41) is 5.33. The van der Waals surface area contributed by atoms with E-state index < -0.39 is 11.8 Å². The van der Waals surface area contributed by atoms with Gasteiger partial charge >= 0.3 is 0 Å². The number of rotatable bonds is 2. The fourth-order valence-corrected chi connectivity index (χ4v) is 2.16. The van der Waals surface area contributed by atoms with Crippen LogP contribution in [0.5, 0.6) is 0 Å². The van der Waals surface area contributed by atoms with Crippen LogP contribution in [0.3, 0.4) is 0 Å². The predicted molar refractivity (Wildman–Crippen MR) is 94.9 cm³/mol. The lowest BCUT2D eigenvalue weighted by molar-refractivity contribution is 0.0919. The summed E-state index contributed by atoms with van der Waals surface area (Å²) in [6.07, 6.45) is 0. The summed E-state index contributed by atoms with van der Waals surface area (Å²) >= 11 is 0. The number of nitrogens with two attached hydrogens (primary N) is 2. The molecular weight excluding hydrogens is 340 g/mol. The third kappa shape index (κ3) is 4.01. The van der Waals surface area contributed by atoms with Crippen molar-refractivity contribution in [3.63, 3.8) is 0 Å². The van der Waals surface area contributed by atoms with Gasteiger partial charge < -0.3 is 0 Å². The third-order valence-corrected chi connectivity index (χ3v) is 3.38. The van der Waals surface area contributed by atoms with Crippen LogP contribution in [-0.2, 0) is 0 Å². The van der Waals surface area contributed by atoms with Gasteiger partial charge in [0.05, 0.1) is 21.9 Å². The molecule has 0 aliphatic rings. The molecule has 0 fully saturated rings. The Hall–Kier alpha value is -3.76. The first-order valence-electron chi connectivity index (χ1n) is 7.30. The standard InChI is InChI=1S/C8H10N4O2.C8H6N2O2/c9-11-7(13)5-3-1-2-4-6(5)8(14)12-10;11-7-5-3-1-2-4-6(5)8(12)10-9-7/h1-4H,9-10H2,(H,11,13)(H,12,14);1-4H,(H,9,11)(H,10,12). The van der Waals surface area contributed by atoms with Gasteiger partial charge in [0.25, 0.3) is 22.9 Å². The van der Waals surface area contributed by atoms with Crippen LogP contribution in [0.4, 0.5) is 0 Å². The number of aromatic nitrogens is 2. The predicted octanol–water partition coefficient (Wildman–Crippen LogP) is -0.890. The number of nitrogens with one attached hydrogen (secondary N) is 4. The summed E-state index contributed by atoms with van der Waals surface area (Å²) in [7, 11) is 0. The summed E-state index contributed by atoms with van der Waals surface area (Å²) in [5.41, 5.74) is 3.69. The van der Waals surface area contributed by atoms with Crippen LogP contribution in [0.1, 0.15) is 20.7 Å². The van der Waals surface area contributed by atoms with Crippen molar-refractivity contribution in [3.05, 3.63) is 80.4 Å². The molecule has 0 bridgehead atoms. The van der Waals surface area contributed by atoms with Crippen LogP contribution in [0.15, 0.2) is 58.1 Å². The first kappa shape index (κ1) is 18.6. The molecule has 134 valence electrons. The SMILES string of the molecule is NNC(=O)c1ccccc1C(=O)NN.O=c1[nH][nH]c(=O)c2ccccc12. The Morgan fingerprint density at radius 1 is 0.692 bits per heavy atom. The Morgan fingerprint density at radius 2 is 1.04 bits per heavy atom. The van der Waals surface area contributed by atoms with Crippen molar-refractivity contribution in [2.45, 2.75) is 0 Å². The van der Waals surface area contributed by atoms with Gasteiger partial charge in [-0.25, -0.2) is 11.7 Å². The molecule has 8 N–H and O–H groups in total. The van der Waals surface area contributed by atoms with Gasteiger partial charge in [0, 0.05) is 0 Å². The molecule has 3 rings (SSSR count). The van der Waals surface area contributed by atoms with Crippen LogP contribution in [0.25, 0.3) is 10.8 Å². The van der Waals surface area contributed by atoms with Crippen molar-refractivity contribution in [1.29, 1.82) is 0 Å². The average Bonchev–Trinajstić information content (AvgIpc) is 2.70. The molecular formula is C16H16N6O4. The Morgan fingerprint density at radius 3 is 1.38 bits per heavy atom. The molecule has 0 aliphatic heterocycles. The number of amides is 2. The minimum absolute atomic E-state index is 0.179. The maximum atomic E-state index is 11.2. The lowest BCUT2D eigenvalue weighted by Gasteiger charge is -2.05. The first-order valence-corrected chi connectivity index (χ1v) is 7.30. The lowest BCUT2D eigenvalue weighted by Crippen LogP contribution is -2.35. The third-order valence-electron chi connectivity index (χ3n) is 3.38. The second kappa shape index (κ2) is 8.37. The number of carbonyl (C=O) groups excluding carboxylic acids is 2. The normalized spacial score (nSPS) is 9.77. The summed E-state index contributed by atoms with van der Waals surface area (Å²) in [5.74, 6) is 8.83. The minimum atomic E-state index is -0.538. The largest absolute Gasteiger partial charge is 0.290 e. The zero-order valence-corrected chi connectivity index (χ0v) is 13.4. The van der Waals surface area contributed by atoms with E-state index in [0.29, 0.717) is 10.8 Å². The van der Waals surface area contributed by atoms with E-state index in [4.69, 9.17) is 11.7 Å². The van der Waals surface area contributed by atoms with Gasteiger partial charge in [0.2, 0.25) is 0 Å². The summed E-state index contributed by atoms with van der Waals surface area (Å²) in [6, 6.07) is 12.9. The van der Waals surface area contributed by atoms with Crippen LogP contribution >= 0.6 is 0 Å². The van der Waals surface area contributed by atoms with Crippen LogP contribution in [0.2, 0.25) is 0 Å². The van der Waals surface area contributed by atoms with Crippen molar-refractivity contribution < 1.29 is 9.59 Å². The molecule has 2 amide bonds. The molecule has 0 radical (unpaired) electrons. The summed E-state index contributed by atoms with van der Waals surface area (Å²) in [6.45, 7) is 0. The Kier molecular flexibility index (Phi) is 5.98. The van der Waals surface area contributed by atoms with Gasteiger partial charge in [-0.05, 0) is 24.3 Å². The molecule has 1 aromatic heterocycles. The van der Waals surface area contributed by atoms with E-state index in [0.717, 1.165) is 0 Å². The van der Waals surface area contributed by atoms with Gasteiger partial charge in [0.1, 0.15) is 0 Å². The molecule has 3 aromatic rings. The average molecular weight is 356 g/mol. The van der Waals surface area contributed by atoms with Gasteiger partial charge in [-0.15, -0.1) is 0 Å². The molecule has 0 atom stereocenters. The second-order valence-electron chi connectivity index (χ2n) is 4.95. The Bertz CT molecular complexity index is 973. The van der Waals surface area contributed by atoms with E-state index in [1.165, 1.54) is 12.1 Å². The summed E-state index contributed by atoms with van der Waals surface area (Å²) in [4.78, 5) is 44.6. The van der Waals surface area contributed by atoms with E-state index in [9.17, 15) is 19.2 Å². The Balaban J connectivity index is 0.000000189. The van der Waals surface area contributed by atoms with E-state index in [1.807, 2.05) is 10.9 Å². The number of fused-ring (bicyclic) bond motifs is 1. The molecule has 10 nitrogen and oxygen atoms in total. The first-order chi connectivity index (χ1) is 12.5. The number of hydrazine groups is 2. The van der Waals surface area contributed by atoms with Gasteiger partial charge in [-0.3, -0.25) is 40.2 Å². The van der Waals surface area contributed by atoms with Crippen molar-refractivity contribution in [3.8, 4) is 0 Å². The van der Waals surface area contributed by atoms with Gasteiger partial charge in [0.15, 0.2) is 0 Å². The van der Waals surface area contributed by atoms with Crippen molar-refractivity contribution >= 4 is 22.6 Å². The highest BCUT2D eigenvalue weighted by molar-refractivity contribution is 6.06. The zero-order valence-electron chi connectivity index (χ0n) is 13.4. The molecule has 1 heterocycles. The van der Waals surface area contributed by atoms with Crippen molar-refractivity contribution in [2.75, 3.05) is 0 Å². The van der Waals surface area contributed by atoms with Crippen LogP contribution in [-0.4, -0.2) is 22.0 Å². The highest BCUT2D eigenvalue weighted by Gasteiger charge is 2.14. The van der Waals surface area contributed by atoms with E-state index >= 15 is 0 Å². The number of H-pyrrole nitrogens is 2. The molecule has 0 spiro atoms. The second-order valence-corrected chi connectivity index (χ2v) is 4.95. The van der Waals surface area contributed by atoms with Gasteiger partial charge in [-0.1, -0.05) is 24.3 Å². The number of aromatic amines is 2. The molecule has 0 aliphatic carbocycles. The molecule has 0 unspecified atom stereocenters. The monoisotopic (exact) mass is 356 g/mol. The van der Waals surface area contributed by atoms with Crippen LogP contribution in [0, 0.1) is 0 Å². The van der Waals surface area contributed by atoms with E-state index in [-0.39, 0.29) is 22.2 Å². The fourth-order valence-electron chi connectivity index (χ4n) is 2.16. The van der Waals surface area contributed by atoms with Crippen molar-refractivity contribution in [2.24, 2.45) is 11.7 Å². The van der Waals surface area contributed by atoms with Crippen molar-refractivity contribution in [1.82, 2.24) is 21.0 Å². The number of hydrogen-bond donors (Lipinski definition) is 6. The summed E-state index contributed by atoms with van der Waals surface area (Å²) < 4.78 is 0. The Labute approximate surface area is 146 Å². The topological polar surface area (TPSA) is 176 Å². The maximum Gasteiger partial charge on any atom is 0.270 e. The highest BCUT2D eigenvalue weighted by atomic mass is 16.2. The molecule has 26 heavy (non-hydrogen) atoms. The smallest absolute Gasteiger partial charge is 0.270 e. The number of hydrogen-bond acceptors (Lipinski definition) is 6. The quantitative estimate of drug-likeness (QED) is 0.197. The lowest BCUT2D eigenvalue weighted by atomic mass is 10.1. The van der Waals surface area contributed by atoms with Gasteiger partial charge in [-0.2, -0.15) is 0 Å². The molecule has 0 saturated carbocycles. The van der Waals surface area contributed by atoms with E-state index in [2.05, 4.69) is 10.2 Å². The number of carbonyl (C=O) groups is 2. The molecule has 10 heteroatoms. The minimum Gasteiger partial charge on any atom is -0.290 e. The van der Waals surface area contributed by atoms with Crippen LogP contribution < -0.4 is 33.7 Å². The maximum absolute atomic E-state index is 11.2. The number of benzene rings is 2.